The van der Waals surface area contributed by atoms with E-state index in [-0.39, 0.29) is 24.0 Å². The molecule has 2 N–H and O–H groups in total. The summed E-state index contributed by atoms with van der Waals surface area (Å²) in [6.45, 7) is 8.28. The van der Waals surface area contributed by atoms with Crippen molar-refractivity contribution in [2.75, 3.05) is 38.2 Å². The van der Waals surface area contributed by atoms with E-state index in [2.05, 4.69) is 53.0 Å². The number of nitrogens with zero attached hydrogens (tertiary/aromatic N) is 2. The predicted molar refractivity (Wildman–Crippen MR) is 122 cm³/mol. The van der Waals surface area contributed by atoms with Gasteiger partial charge in [0.25, 0.3) is 0 Å². The summed E-state index contributed by atoms with van der Waals surface area (Å²) in [5, 5.41) is 6.72. The number of rotatable bonds is 9. The van der Waals surface area contributed by atoms with Crippen LogP contribution >= 0.6 is 35.7 Å². The Morgan fingerprint density at radius 1 is 1.12 bits per heavy atom. The Morgan fingerprint density at radius 2 is 1.80 bits per heavy atom. The van der Waals surface area contributed by atoms with Crippen molar-refractivity contribution in [3.8, 4) is 0 Å². The molecule has 0 aromatic heterocycles. The molecule has 0 saturated carbocycles. The quantitative estimate of drug-likeness (QED) is 0.247. The fourth-order valence-corrected chi connectivity index (χ4v) is 3.32. The Balaban J connectivity index is 0.00000312. The number of hydrogen-bond acceptors (Lipinski definition) is 3. The lowest BCUT2D eigenvalue weighted by Gasteiger charge is -2.14. The highest BCUT2D eigenvalue weighted by Gasteiger charge is 2.11. The van der Waals surface area contributed by atoms with Gasteiger partial charge in [-0.3, -0.25) is 4.90 Å². The molecule has 1 aliphatic heterocycles. The summed E-state index contributed by atoms with van der Waals surface area (Å²) >= 11 is 1.89. The molecule has 1 saturated heterocycles. The van der Waals surface area contributed by atoms with E-state index in [9.17, 15) is 0 Å². The van der Waals surface area contributed by atoms with Crippen molar-refractivity contribution in [1.29, 1.82) is 0 Å². The van der Waals surface area contributed by atoms with Crippen LogP contribution in [0.4, 0.5) is 0 Å². The lowest BCUT2D eigenvalue weighted by atomic mass is 10.1. The van der Waals surface area contributed by atoms with Gasteiger partial charge in [-0.15, -0.1) is 24.0 Å². The summed E-state index contributed by atoms with van der Waals surface area (Å²) in [6.07, 6.45) is 6.01. The molecule has 0 radical (unpaired) electrons. The van der Waals surface area contributed by atoms with Crippen LogP contribution in [0.5, 0.6) is 0 Å². The van der Waals surface area contributed by atoms with Crippen molar-refractivity contribution in [2.45, 2.75) is 39.3 Å². The largest absolute Gasteiger partial charge is 0.357 e. The Bertz CT molecular complexity index is 487. The zero-order valence-corrected chi connectivity index (χ0v) is 18.7. The van der Waals surface area contributed by atoms with Crippen molar-refractivity contribution in [1.82, 2.24) is 15.5 Å². The van der Waals surface area contributed by atoms with Gasteiger partial charge in [0.2, 0.25) is 0 Å². The molecular weight excluding hydrogens is 443 g/mol. The standard InChI is InChI=1S/C19H32N4S.HI/c1-3-20-19(21-11-6-14-24-2)22-15-17-7-9-18(10-8-17)16-23-12-4-5-13-23;/h7-10H,3-6,11-16H2,1-2H3,(H2,20,21,22);1H. The second-order valence-electron chi connectivity index (χ2n) is 6.27. The number of likely N-dealkylation sites (tertiary alicyclic amines) is 1. The van der Waals surface area contributed by atoms with Gasteiger partial charge in [-0.2, -0.15) is 11.8 Å². The van der Waals surface area contributed by atoms with E-state index >= 15 is 0 Å². The van der Waals surface area contributed by atoms with Gasteiger partial charge >= 0.3 is 0 Å². The summed E-state index contributed by atoms with van der Waals surface area (Å²) < 4.78 is 0. The highest BCUT2D eigenvalue weighted by molar-refractivity contribution is 14.0. The van der Waals surface area contributed by atoms with E-state index in [0.717, 1.165) is 38.6 Å². The Morgan fingerprint density at radius 3 is 2.44 bits per heavy atom. The third kappa shape index (κ3) is 9.15. The van der Waals surface area contributed by atoms with E-state index in [1.165, 1.54) is 42.8 Å². The molecule has 0 unspecified atom stereocenters. The molecule has 0 spiro atoms. The maximum atomic E-state index is 4.69. The number of thioether (sulfide) groups is 1. The highest BCUT2D eigenvalue weighted by Crippen LogP contribution is 2.13. The van der Waals surface area contributed by atoms with Crippen LogP contribution < -0.4 is 10.6 Å². The molecule has 0 amide bonds. The van der Waals surface area contributed by atoms with Crippen molar-refractivity contribution in [3.63, 3.8) is 0 Å². The van der Waals surface area contributed by atoms with Crippen LogP contribution in [0, 0.1) is 0 Å². The van der Waals surface area contributed by atoms with Crippen molar-refractivity contribution in [2.24, 2.45) is 4.99 Å². The summed E-state index contributed by atoms with van der Waals surface area (Å²) in [7, 11) is 0. The summed E-state index contributed by atoms with van der Waals surface area (Å²) in [6, 6.07) is 8.93. The molecule has 0 atom stereocenters. The van der Waals surface area contributed by atoms with Crippen LogP contribution in [0.25, 0.3) is 0 Å². The van der Waals surface area contributed by atoms with Gasteiger partial charge in [-0.1, -0.05) is 24.3 Å². The molecule has 25 heavy (non-hydrogen) atoms. The molecule has 142 valence electrons. The molecule has 1 aromatic rings. The zero-order chi connectivity index (χ0) is 17.0. The SMILES string of the molecule is CCNC(=NCc1ccc(CN2CCCC2)cc1)NCCCSC.I. The van der Waals surface area contributed by atoms with Crippen LogP contribution in [0.1, 0.15) is 37.3 Å². The number of guanidine groups is 1. The molecule has 2 rings (SSSR count). The van der Waals surface area contributed by atoms with Crippen molar-refractivity contribution in [3.05, 3.63) is 35.4 Å². The summed E-state index contributed by atoms with van der Waals surface area (Å²) in [5.74, 6) is 2.10. The Kier molecular flexibility index (Phi) is 12.4. The lowest BCUT2D eigenvalue weighted by Crippen LogP contribution is -2.37. The van der Waals surface area contributed by atoms with Gasteiger partial charge < -0.3 is 10.6 Å². The monoisotopic (exact) mass is 476 g/mol. The van der Waals surface area contributed by atoms with Crippen molar-refractivity contribution >= 4 is 41.7 Å². The van der Waals surface area contributed by atoms with Crippen LogP contribution in [0.3, 0.4) is 0 Å². The first kappa shape index (κ1) is 22.6. The normalized spacial score (nSPS) is 15.0. The number of halogens is 1. The smallest absolute Gasteiger partial charge is 0.191 e. The van der Waals surface area contributed by atoms with E-state index in [1.54, 1.807) is 0 Å². The molecule has 1 heterocycles. The van der Waals surface area contributed by atoms with Gasteiger partial charge in [0.1, 0.15) is 0 Å². The molecule has 1 fully saturated rings. The third-order valence-corrected chi connectivity index (χ3v) is 4.91. The third-order valence-electron chi connectivity index (χ3n) is 4.21. The molecule has 1 aromatic carbocycles. The minimum atomic E-state index is 0. The summed E-state index contributed by atoms with van der Waals surface area (Å²) in [5.41, 5.74) is 2.67. The van der Waals surface area contributed by atoms with Gasteiger partial charge in [0.15, 0.2) is 5.96 Å². The Labute approximate surface area is 174 Å². The molecule has 0 bridgehead atoms. The summed E-state index contributed by atoms with van der Waals surface area (Å²) in [4.78, 5) is 7.23. The molecule has 0 aliphatic carbocycles. The Hall–Kier alpha value is -0.470. The average Bonchev–Trinajstić information content (AvgIpc) is 3.11. The lowest BCUT2D eigenvalue weighted by molar-refractivity contribution is 0.331. The van der Waals surface area contributed by atoms with Gasteiger partial charge in [0.05, 0.1) is 6.54 Å². The number of benzene rings is 1. The minimum Gasteiger partial charge on any atom is -0.357 e. The van der Waals surface area contributed by atoms with Crippen molar-refractivity contribution < 1.29 is 0 Å². The van der Waals surface area contributed by atoms with Crippen LogP contribution in [-0.2, 0) is 13.1 Å². The number of nitrogens with one attached hydrogen (secondary N) is 2. The highest BCUT2D eigenvalue weighted by atomic mass is 127. The van der Waals surface area contributed by atoms with Gasteiger partial charge in [-0.25, -0.2) is 4.99 Å². The minimum absolute atomic E-state index is 0. The second kappa shape index (κ2) is 13.7. The van der Waals surface area contributed by atoms with E-state index < -0.39 is 0 Å². The topological polar surface area (TPSA) is 39.7 Å². The first-order valence-corrected chi connectivity index (χ1v) is 10.5. The molecule has 6 heteroatoms. The molecular formula is C19H33IN4S. The first-order chi connectivity index (χ1) is 11.8. The number of hydrogen-bond donors (Lipinski definition) is 2. The molecule has 4 nitrogen and oxygen atoms in total. The zero-order valence-electron chi connectivity index (χ0n) is 15.6. The maximum absolute atomic E-state index is 4.69. The second-order valence-corrected chi connectivity index (χ2v) is 7.25. The first-order valence-electron chi connectivity index (χ1n) is 9.13. The average molecular weight is 476 g/mol. The fourth-order valence-electron chi connectivity index (χ4n) is 2.88. The van der Waals surface area contributed by atoms with Crippen LogP contribution in [-0.4, -0.2) is 49.0 Å². The van der Waals surface area contributed by atoms with Crippen LogP contribution in [0.15, 0.2) is 29.3 Å². The van der Waals surface area contributed by atoms with E-state index in [1.807, 2.05) is 11.8 Å². The molecule has 1 aliphatic rings. The van der Waals surface area contributed by atoms with Crippen LogP contribution in [0.2, 0.25) is 0 Å². The van der Waals surface area contributed by atoms with E-state index in [4.69, 9.17) is 4.99 Å². The van der Waals surface area contributed by atoms with Gasteiger partial charge in [-0.05, 0) is 62.4 Å². The fraction of sp³-hybridized carbons (Fsp3) is 0.632. The maximum Gasteiger partial charge on any atom is 0.191 e. The number of aliphatic imine (C=N–C) groups is 1. The van der Waals surface area contributed by atoms with E-state index in [0.29, 0.717) is 0 Å². The van der Waals surface area contributed by atoms with Gasteiger partial charge in [0, 0.05) is 19.6 Å². The predicted octanol–water partition coefficient (Wildman–Crippen LogP) is 3.71.